The van der Waals surface area contributed by atoms with Gasteiger partial charge in [0.2, 0.25) is 0 Å². The number of piperidine rings is 1. The fourth-order valence-corrected chi connectivity index (χ4v) is 4.18. The van der Waals surface area contributed by atoms with Gasteiger partial charge in [0.15, 0.2) is 0 Å². The number of rotatable bonds is 3. The Labute approximate surface area is 133 Å². The third-order valence-corrected chi connectivity index (χ3v) is 5.34. The third-order valence-electron chi connectivity index (χ3n) is 4.44. The van der Waals surface area contributed by atoms with Crippen molar-refractivity contribution in [3.05, 3.63) is 59.2 Å². The minimum Gasteiger partial charge on any atom is -0.297 e. The van der Waals surface area contributed by atoms with Crippen LogP contribution in [-0.2, 0) is 6.54 Å². The molecule has 1 saturated heterocycles. The number of fused-ring (bicyclic) bond motifs is 1. The molecule has 1 atom stereocenters. The standard InChI is InChI=1S/C17H18FN3S/c18-14-6-2-1-5-13(14)11-20-8-4-3-7-15(20)16-17-21(12-19-16)9-10-22-17/h1-2,5-6,9-10,12,15H,3-4,7-8,11H2. The highest BCUT2D eigenvalue weighted by atomic mass is 32.1. The lowest BCUT2D eigenvalue weighted by Gasteiger charge is -2.34. The summed E-state index contributed by atoms with van der Waals surface area (Å²) in [6, 6.07) is 7.37. The molecule has 4 rings (SSSR count). The quantitative estimate of drug-likeness (QED) is 0.720. The van der Waals surface area contributed by atoms with Crippen LogP contribution in [0, 0.1) is 5.82 Å². The van der Waals surface area contributed by atoms with Gasteiger partial charge in [0.05, 0.1) is 11.7 Å². The van der Waals surface area contributed by atoms with Gasteiger partial charge in [0, 0.05) is 23.7 Å². The van der Waals surface area contributed by atoms with Crippen LogP contribution < -0.4 is 0 Å². The Hall–Kier alpha value is -1.72. The van der Waals surface area contributed by atoms with Crippen LogP contribution >= 0.6 is 11.3 Å². The maximum Gasteiger partial charge on any atom is 0.127 e. The molecule has 3 aromatic rings. The molecule has 0 aliphatic carbocycles. The zero-order valence-corrected chi connectivity index (χ0v) is 13.1. The first-order valence-electron chi connectivity index (χ1n) is 7.70. The predicted octanol–water partition coefficient (Wildman–Crippen LogP) is 4.26. The first kappa shape index (κ1) is 13.9. The Bertz CT molecular complexity index is 779. The van der Waals surface area contributed by atoms with Gasteiger partial charge in [0.1, 0.15) is 17.0 Å². The van der Waals surface area contributed by atoms with Crippen molar-refractivity contribution in [2.24, 2.45) is 0 Å². The highest BCUT2D eigenvalue weighted by Gasteiger charge is 2.28. The average molecular weight is 315 g/mol. The van der Waals surface area contributed by atoms with Crippen molar-refractivity contribution >= 4 is 16.2 Å². The molecule has 3 nitrogen and oxygen atoms in total. The van der Waals surface area contributed by atoms with E-state index >= 15 is 0 Å². The Morgan fingerprint density at radius 2 is 2.18 bits per heavy atom. The van der Waals surface area contributed by atoms with Crippen LogP contribution in [0.25, 0.3) is 4.83 Å². The summed E-state index contributed by atoms with van der Waals surface area (Å²) in [6.45, 7) is 1.66. The molecule has 5 heteroatoms. The lowest BCUT2D eigenvalue weighted by atomic mass is 9.99. The molecular weight excluding hydrogens is 297 g/mol. The number of nitrogens with zero attached hydrogens (tertiary/aromatic N) is 3. The molecule has 22 heavy (non-hydrogen) atoms. The van der Waals surface area contributed by atoms with Crippen LogP contribution in [0.2, 0.25) is 0 Å². The molecule has 0 N–H and O–H groups in total. The van der Waals surface area contributed by atoms with Gasteiger partial charge in [0.25, 0.3) is 0 Å². The number of benzene rings is 1. The molecule has 1 unspecified atom stereocenters. The van der Waals surface area contributed by atoms with Crippen LogP contribution in [0.3, 0.4) is 0 Å². The molecule has 1 fully saturated rings. The monoisotopic (exact) mass is 315 g/mol. The van der Waals surface area contributed by atoms with Crippen molar-refractivity contribution in [2.75, 3.05) is 6.54 Å². The van der Waals surface area contributed by atoms with Crippen molar-refractivity contribution in [2.45, 2.75) is 31.8 Å². The number of halogens is 1. The van der Waals surface area contributed by atoms with E-state index in [-0.39, 0.29) is 11.9 Å². The number of hydrogen-bond acceptors (Lipinski definition) is 3. The van der Waals surface area contributed by atoms with Crippen molar-refractivity contribution in [3.63, 3.8) is 0 Å². The molecule has 0 spiro atoms. The van der Waals surface area contributed by atoms with Crippen LogP contribution in [0.5, 0.6) is 0 Å². The molecule has 1 aromatic carbocycles. The van der Waals surface area contributed by atoms with E-state index in [9.17, 15) is 4.39 Å². The van der Waals surface area contributed by atoms with E-state index in [1.807, 2.05) is 24.7 Å². The molecule has 0 saturated carbocycles. The average Bonchev–Trinajstić information content (AvgIpc) is 3.13. The highest BCUT2D eigenvalue weighted by molar-refractivity contribution is 7.15. The summed E-state index contributed by atoms with van der Waals surface area (Å²) in [4.78, 5) is 8.22. The topological polar surface area (TPSA) is 20.5 Å². The molecule has 0 amide bonds. The number of imidazole rings is 1. The summed E-state index contributed by atoms with van der Waals surface area (Å²) in [7, 11) is 0. The first-order valence-corrected chi connectivity index (χ1v) is 8.58. The van der Waals surface area contributed by atoms with Gasteiger partial charge in [-0.15, -0.1) is 11.3 Å². The van der Waals surface area contributed by atoms with Gasteiger partial charge in [-0.1, -0.05) is 24.6 Å². The van der Waals surface area contributed by atoms with Gasteiger partial charge < -0.3 is 0 Å². The molecule has 2 aromatic heterocycles. The van der Waals surface area contributed by atoms with Crippen LogP contribution in [0.4, 0.5) is 4.39 Å². The van der Waals surface area contributed by atoms with E-state index in [4.69, 9.17) is 0 Å². The largest absolute Gasteiger partial charge is 0.297 e. The highest BCUT2D eigenvalue weighted by Crippen LogP contribution is 2.35. The molecule has 1 aliphatic heterocycles. The lowest BCUT2D eigenvalue weighted by Crippen LogP contribution is -2.33. The minimum absolute atomic E-state index is 0.113. The van der Waals surface area contributed by atoms with Crippen LogP contribution in [0.1, 0.15) is 36.6 Å². The van der Waals surface area contributed by atoms with E-state index in [2.05, 4.69) is 19.7 Å². The molecule has 0 bridgehead atoms. The number of hydrogen-bond donors (Lipinski definition) is 0. The Balaban J connectivity index is 1.65. The van der Waals surface area contributed by atoms with E-state index in [0.29, 0.717) is 6.54 Å². The number of aromatic nitrogens is 2. The minimum atomic E-state index is -0.113. The van der Waals surface area contributed by atoms with E-state index in [1.54, 1.807) is 23.5 Å². The Morgan fingerprint density at radius 3 is 3.09 bits per heavy atom. The summed E-state index contributed by atoms with van der Waals surface area (Å²) in [5.74, 6) is -0.113. The Morgan fingerprint density at radius 1 is 1.27 bits per heavy atom. The van der Waals surface area contributed by atoms with Crippen molar-refractivity contribution < 1.29 is 4.39 Å². The van der Waals surface area contributed by atoms with E-state index in [0.717, 1.165) is 24.2 Å². The fourth-order valence-electron chi connectivity index (χ4n) is 3.32. The van der Waals surface area contributed by atoms with Gasteiger partial charge in [-0.3, -0.25) is 9.30 Å². The SMILES string of the molecule is Fc1ccccc1CN1CCCCC1c1ncn2ccsc12. The lowest BCUT2D eigenvalue weighted by molar-refractivity contribution is 0.137. The Kier molecular flexibility index (Phi) is 3.68. The van der Waals surface area contributed by atoms with Gasteiger partial charge in [-0.2, -0.15) is 0 Å². The van der Waals surface area contributed by atoms with Crippen LogP contribution in [-0.4, -0.2) is 20.8 Å². The molecule has 0 radical (unpaired) electrons. The number of likely N-dealkylation sites (tertiary alicyclic amines) is 1. The van der Waals surface area contributed by atoms with Gasteiger partial charge in [-0.25, -0.2) is 9.37 Å². The first-order chi connectivity index (χ1) is 10.8. The third kappa shape index (κ3) is 2.44. The predicted molar refractivity (Wildman–Crippen MR) is 86.5 cm³/mol. The summed E-state index contributed by atoms with van der Waals surface area (Å²) in [5, 5.41) is 2.09. The molecule has 114 valence electrons. The molecular formula is C17H18FN3S. The van der Waals surface area contributed by atoms with Crippen LogP contribution in [0.15, 0.2) is 42.2 Å². The second-order valence-electron chi connectivity index (χ2n) is 5.82. The van der Waals surface area contributed by atoms with Crippen molar-refractivity contribution in [1.82, 2.24) is 14.3 Å². The fraction of sp³-hybridized carbons (Fsp3) is 0.353. The number of thiazole rings is 1. The maximum atomic E-state index is 14.0. The summed E-state index contributed by atoms with van der Waals surface area (Å²) < 4.78 is 16.1. The molecule has 1 aliphatic rings. The zero-order valence-electron chi connectivity index (χ0n) is 12.3. The normalized spacial score (nSPS) is 19.8. The molecule has 3 heterocycles. The van der Waals surface area contributed by atoms with E-state index in [1.165, 1.54) is 17.7 Å². The zero-order chi connectivity index (χ0) is 14.9. The summed E-state index contributed by atoms with van der Waals surface area (Å²) in [5.41, 5.74) is 1.92. The smallest absolute Gasteiger partial charge is 0.127 e. The maximum absolute atomic E-state index is 14.0. The van der Waals surface area contributed by atoms with Crippen molar-refractivity contribution in [1.29, 1.82) is 0 Å². The van der Waals surface area contributed by atoms with Gasteiger partial charge in [-0.05, 0) is 25.5 Å². The van der Waals surface area contributed by atoms with E-state index < -0.39 is 0 Å². The summed E-state index contributed by atoms with van der Waals surface area (Å²) >= 11 is 1.73. The van der Waals surface area contributed by atoms with Gasteiger partial charge >= 0.3 is 0 Å². The van der Waals surface area contributed by atoms with Crippen molar-refractivity contribution in [3.8, 4) is 0 Å². The second-order valence-corrected chi connectivity index (χ2v) is 6.71. The second kappa shape index (κ2) is 5.82. The summed E-state index contributed by atoms with van der Waals surface area (Å²) in [6.07, 6.45) is 7.41.